The van der Waals surface area contributed by atoms with E-state index < -0.39 is 0 Å². The van der Waals surface area contributed by atoms with E-state index in [1.807, 2.05) is 0 Å². The van der Waals surface area contributed by atoms with E-state index in [1.165, 1.54) is 0 Å². The predicted molar refractivity (Wildman–Crippen MR) is 75.1 cm³/mol. The Hall–Kier alpha value is -0.680. The first kappa shape index (κ1) is 13.7. The number of anilines is 1. The Balaban J connectivity index is 1.86. The molecule has 0 amide bonds. The molecule has 1 aromatic rings. The lowest BCUT2D eigenvalue weighted by Gasteiger charge is -2.29. The molecule has 0 radical (unpaired) electrons. The van der Waals surface area contributed by atoms with Gasteiger partial charge in [-0.25, -0.2) is 0 Å². The average molecular weight is 269 g/mol. The zero-order valence-corrected chi connectivity index (χ0v) is 12.3. The molecular weight excluding hydrogens is 246 g/mol. The van der Waals surface area contributed by atoms with Crippen molar-refractivity contribution in [2.45, 2.75) is 58.6 Å². The zero-order valence-electron chi connectivity index (χ0n) is 11.5. The van der Waals surface area contributed by atoms with E-state index in [-0.39, 0.29) is 0 Å². The molecule has 1 aromatic heterocycles. The molecule has 1 fully saturated rings. The highest BCUT2D eigenvalue weighted by Gasteiger charge is 2.22. The van der Waals surface area contributed by atoms with Gasteiger partial charge in [-0.2, -0.15) is 0 Å². The molecular formula is C13H23N3OS. The SMILES string of the molecule is CCC1CC(Nc2nnc(CC(C)C)s2)CCO1. The van der Waals surface area contributed by atoms with Gasteiger partial charge in [0, 0.05) is 19.1 Å². The summed E-state index contributed by atoms with van der Waals surface area (Å²) in [5.41, 5.74) is 0. The van der Waals surface area contributed by atoms with Gasteiger partial charge in [-0.1, -0.05) is 32.1 Å². The third-order valence-electron chi connectivity index (χ3n) is 3.20. The molecule has 2 unspecified atom stereocenters. The van der Waals surface area contributed by atoms with Gasteiger partial charge < -0.3 is 10.1 Å². The lowest BCUT2D eigenvalue weighted by Crippen LogP contribution is -2.33. The summed E-state index contributed by atoms with van der Waals surface area (Å²) >= 11 is 1.69. The fourth-order valence-corrected chi connectivity index (χ4v) is 3.24. The standard InChI is InChI=1S/C13H23N3OS/c1-4-11-8-10(5-6-17-11)14-13-16-15-12(18-13)7-9(2)3/h9-11H,4-8H2,1-3H3,(H,14,16). The smallest absolute Gasteiger partial charge is 0.205 e. The minimum absolute atomic E-state index is 0.402. The van der Waals surface area contributed by atoms with E-state index in [2.05, 4.69) is 36.3 Å². The van der Waals surface area contributed by atoms with Crippen LogP contribution < -0.4 is 5.32 Å². The normalized spacial score (nSPS) is 24.4. The molecule has 4 nitrogen and oxygen atoms in total. The lowest BCUT2D eigenvalue weighted by molar-refractivity contribution is 0.00925. The summed E-state index contributed by atoms with van der Waals surface area (Å²) in [6.07, 6.45) is 4.65. The van der Waals surface area contributed by atoms with Crippen molar-refractivity contribution in [2.24, 2.45) is 5.92 Å². The van der Waals surface area contributed by atoms with Crippen LogP contribution in [0.5, 0.6) is 0 Å². The van der Waals surface area contributed by atoms with E-state index in [0.29, 0.717) is 18.1 Å². The van der Waals surface area contributed by atoms with Crippen molar-refractivity contribution in [3.05, 3.63) is 5.01 Å². The fraction of sp³-hybridized carbons (Fsp3) is 0.846. The Kier molecular flexibility index (Phi) is 4.95. The van der Waals surface area contributed by atoms with Crippen LogP contribution in [0.1, 0.15) is 45.0 Å². The molecule has 0 bridgehead atoms. The van der Waals surface area contributed by atoms with Gasteiger partial charge in [0.1, 0.15) is 5.01 Å². The fourth-order valence-electron chi connectivity index (χ4n) is 2.21. The Morgan fingerprint density at radius 1 is 1.44 bits per heavy atom. The molecule has 1 N–H and O–H groups in total. The highest BCUT2D eigenvalue weighted by molar-refractivity contribution is 7.15. The summed E-state index contributed by atoms with van der Waals surface area (Å²) < 4.78 is 5.68. The highest BCUT2D eigenvalue weighted by atomic mass is 32.1. The number of aromatic nitrogens is 2. The largest absolute Gasteiger partial charge is 0.378 e. The Bertz CT molecular complexity index is 367. The second-order valence-corrected chi connectivity index (χ2v) is 6.43. The van der Waals surface area contributed by atoms with Gasteiger partial charge in [0.05, 0.1) is 6.10 Å². The topological polar surface area (TPSA) is 47.0 Å². The highest BCUT2D eigenvalue weighted by Crippen LogP contribution is 2.23. The maximum atomic E-state index is 5.68. The van der Waals surface area contributed by atoms with Crippen LogP contribution >= 0.6 is 11.3 Å². The van der Waals surface area contributed by atoms with E-state index in [0.717, 1.165) is 42.4 Å². The van der Waals surface area contributed by atoms with Crippen LogP contribution in [-0.4, -0.2) is 29.0 Å². The quantitative estimate of drug-likeness (QED) is 0.892. The van der Waals surface area contributed by atoms with Crippen LogP contribution in [0.25, 0.3) is 0 Å². The van der Waals surface area contributed by atoms with Crippen molar-refractivity contribution in [2.75, 3.05) is 11.9 Å². The summed E-state index contributed by atoms with van der Waals surface area (Å²) in [7, 11) is 0. The first-order chi connectivity index (χ1) is 8.67. The molecule has 0 saturated carbocycles. The van der Waals surface area contributed by atoms with Gasteiger partial charge in [0.25, 0.3) is 0 Å². The number of hydrogen-bond donors (Lipinski definition) is 1. The summed E-state index contributed by atoms with van der Waals surface area (Å²) in [4.78, 5) is 0. The Labute approximate surface area is 113 Å². The molecule has 18 heavy (non-hydrogen) atoms. The zero-order chi connectivity index (χ0) is 13.0. The van der Waals surface area contributed by atoms with Crippen molar-refractivity contribution in [3.8, 4) is 0 Å². The van der Waals surface area contributed by atoms with Crippen molar-refractivity contribution < 1.29 is 4.74 Å². The monoisotopic (exact) mass is 269 g/mol. The third-order valence-corrected chi connectivity index (χ3v) is 4.08. The number of ether oxygens (including phenoxy) is 1. The maximum Gasteiger partial charge on any atom is 0.205 e. The first-order valence-electron chi connectivity index (χ1n) is 6.88. The molecule has 2 heterocycles. The minimum atomic E-state index is 0.402. The van der Waals surface area contributed by atoms with E-state index in [9.17, 15) is 0 Å². The third kappa shape index (κ3) is 3.92. The molecule has 1 saturated heterocycles. The molecule has 0 aliphatic carbocycles. The summed E-state index contributed by atoms with van der Waals surface area (Å²) in [5, 5.41) is 14.1. The molecule has 2 rings (SSSR count). The number of nitrogens with one attached hydrogen (secondary N) is 1. The van der Waals surface area contributed by atoms with E-state index in [4.69, 9.17) is 4.74 Å². The number of rotatable bonds is 5. The van der Waals surface area contributed by atoms with Crippen molar-refractivity contribution in [3.63, 3.8) is 0 Å². The van der Waals surface area contributed by atoms with Crippen LogP contribution in [0.3, 0.4) is 0 Å². The molecule has 102 valence electrons. The first-order valence-corrected chi connectivity index (χ1v) is 7.69. The van der Waals surface area contributed by atoms with E-state index >= 15 is 0 Å². The summed E-state index contributed by atoms with van der Waals surface area (Å²) in [6, 6.07) is 0.489. The van der Waals surface area contributed by atoms with Crippen LogP contribution in [-0.2, 0) is 11.2 Å². The molecule has 5 heteroatoms. The molecule has 1 aliphatic heterocycles. The van der Waals surface area contributed by atoms with Gasteiger partial charge in [-0.05, 0) is 25.2 Å². The van der Waals surface area contributed by atoms with Gasteiger partial charge in [-0.15, -0.1) is 10.2 Å². The number of hydrogen-bond acceptors (Lipinski definition) is 5. The van der Waals surface area contributed by atoms with Crippen molar-refractivity contribution in [1.29, 1.82) is 0 Å². The van der Waals surface area contributed by atoms with Crippen LogP contribution in [0, 0.1) is 5.92 Å². The van der Waals surface area contributed by atoms with Gasteiger partial charge in [-0.3, -0.25) is 0 Å². The van der Waals surface area contributed by atoms with Crippen molar-refractivity contribution in [1.82, 2.24) is 10.2 Å². The van der Waals surface area contributed by atoms with Crippen LogP contribution in [0.2, 0.25) is 0 Å². The summed E-state index contributed by atoms with van der Waals surface area (Å²) in [5.74, 6) is 0.637. The van der Waals surface area contributed by atoms with Gasteiger partial charge in [0.2, 0.25) is 5.13 Å². The van der Waals surface area contributed by atoms with Crippen LogP contribution in [0.4, 0.5) is 5.13 Å². The Morgan fingerprint density at radius 3 is 3.00 bits per heavy atom. The minimum Gasteiger partial charge on any atom is -0.378 e. The van der Waals surface area contributed by atoms with Gasteiger partial charge >= 0.3 is 0 Å². The van der Waals surface area contributed by atoms with Crippen molar-refractivity contribution >= 4 is 16.5 Å². The second kappa shape index (κ2) is 6.48. The Morgan fingerprint density at radius 2 is 2.28 bits per heavy atom. The van der Waals surface area contributed by atoms with E-state index in [1.54, 1.807) is 11.3 Å². The summed E-state index contributed by atoms with van der Waals surface area (Å²) in [6.45, 7) is 7.45. The molecule has 0 spiro atoms. The molecule has 0 aromatic carbocycles. The lowest BCUT2D eigenvalue weighted by atomic mass is 10.0. The molecule has 1 aliphatic rings. The number of nitrogens with zero attached hydrogens (tertiary/aromatic N) is 2. The molecule has 2 atom stereocenters. The average Bonchev–Trinajstić information content (AvgIpc) is 2.76. The maximum absolute atomic E-state index is 5.68. The van der Waals surface area contributed by atoms with Crippen LogP contribution in [0.15, 0.2) is 0 Å². The van der Waals surface area contributed by atoms with Gasteiger partial charge in [0.15, 0.2) is 0 Å². The predicted octanol–water partition coefficient (Wildman–Crippen LogP) is 3.11. The second-order valence-electron chi connectivity index (χ2n) is 5.37.